The summed E-state index contributed by atoms with van der Waals surface area (Å²) in [6, 6.07) is 12.8. The summed E-state index contributed by atoms with van der Waals surface area (Å²) >= 11 is 7.90. The van der Waals surface area contributed by atoms with E-state index in [4.69, 9.17) is 16.3 Å². The van der Waals surface area contributed by atoms with Crippen LogP contribution in [-0.4, -0.2) is 42.6 Å². The normalized spacial score (nSPS) is 22.5. The Balaban J connectivity index is 1.25. The molecule has 0 radical (unpaired) electrons. The molecular weight excluding hydrogens is 352 g/mol. The molecule has 0 N–H and O–H groups in total. The molecule has 2 fully saturated rings. The molecule has 1 atom stereocenters. The fourth-order valence-electron chi connectivity index (χ4n) is 3.63. The van der Waals surface area contributed by atoms with Crippen LogP contribution >= 0.6 is 22.9 Å². The van der Waals surface area contributed by atoms with Gasteiger partial charge < -0.3 is 4.74 Å². The van der Waals surface area contributed by atoms with Crippen molar-refractivity contribution in [2.75, 3.05) is 32.8 Å². The van der Waals surface area contributed by atoms with Crippen LogP contribution in [0.15, 0.2) is 36.4 Å². The van der Waals surface area contributed by atoms with Gasteiger partial charge in [-0.25, -0.2) is 0 Å². The van der Waals surface area contributed by atoms with Crippen LogP contribution in [0.4, 0.5) is 0 Å². The third-order valence-electron chi connectivity index (χ3n) is 5.09. The highest BCUT2D eigenvalue weighted by Crippen LogP contribution is 2.33. The largest absolute Gasteiger partial charge is 0.373 e. The lowest BCUT2D eigenvalue weighted by atomic mass is 10.2. The van der Waals surface area contributed by atoms with Crippen LogP contribution in [0, 0.1) is 0 Å². The molecule has 1 aromatic carbocycles. The van der Waals surface area contributed by atoms with E-state index >= 15 is 0 Å². The lowest BCUT2D eigenvalue weighted by Crippen LogP contribution is -2.45. The average molecular weight is 377 g/mol. The second-order valence-corrected chi connectivity index (χ2v) is 8.62. The van der Waals surface area contributed by atoms with Gasteiger partial charge >= 0.3 is 0 Å². The Morgan fingerprint density at radius 3 is 2.36 bits per heavy atom. The number of rotatable bonds is 5. The van der Waals surface area contributed by atoms with Gasteiger partial charge in [-0.05, 0) is 42.7 Å². The van der Waals surface area contributed by atoms with Crippen molar-refractivity contribution in [3.63, 3.8) is 0 Å². The summed E-state index contributed by atoms with van der Waals surface area (Å²) < 4.78 is 5.80. The zero-order valence-corrected chi connectivity index (χ0v) is 16.1. The van der Waals surface area contributed by atoms with Crippen LogP contribution in [0.25, 0.3) is 0 Å². The van der Waals surface area contributed by atoms with Crippen LogP contribution in [-0.2, 0) is 17.8 Å². The maximum atomic E-state index is 5.97. The molecular formula is C20H25ClN2OS. The van der Waals surface area contributed by atoms with Gasteiger partial charge in [-0.15, -0.1) is 11.3 Å². The number of piperazine rings is 1. The third-order valence-corrected chi connectivity index (χ3v) is 6.51. The predicted octanol–water partition coefficient (Wildman–Crippen LogP) is 4.57. The van der Waals surface area contributed by atoms with Gasteiger partial charge in [0.1, 0.15) is 0 Å². The Bertz CT molecular complexity index is 673. The minimum absolute atomic E-state index is 0.356. The van der Waals surface area contributed by atoms with E-state index in [2.05, 4.69) is 34.1 Å². The molecule has 0 unspecified atom stereocenters. The molecule has 2 aromatic rings. The smallest absolute Gasteiger partial charge is 0.0917 e. The molecule has 2 saturated heterocycles. The lowest BCUT2D eigenvalue weighted by Gasteiger charge is -2.34. The zero-order chi connectivity index (χ0) is 17.1. The van der Waals surface area contributed by atoms with E-state index in [1.165, 1.54) is 28.2 Å². The van der Waals surface area contributed by atoms with Gasteiger partial charge in [0.05, 0.1) is 6.10 Å². The van der Waals surface area contributed by atoms with Crippen molar-refractivity contribution in [1.29, 1.82) is 0 Å². The maximum absolute atomic E-state index is 5.97. The quantitative estimate of drug-likeness (QED) is 0.760. The molecule has 1 aromatic heterocycles. The molecule has 0 saturated carbocycles. The number of halogens is 1. The molecule has 2 aliphatic rings. The summed E-state index contributed by atoms with van der Waals surface area (Å²) in [7, 11) is 0. The van der Waals surface area contributed by atoms with E-state index in [1.54, 1.807) is 0 Å². The van der Waals surface area contributed by atoms with E-state index in [-0.39, 0.29) is 0 Å². The lowest BCUT2D eigenvalue weighted by molar-refractivity contribution is 0.114. The number of hydrogen-bond acceptors (Lipinski definition) is 4. The summed E-state index contributed by atoms with van der Waals surface area (Å²) in [6.07, 6.45) is 2.74. The molecule has 2 aliphatic heterocycles. The Hall–Kier alpha value is -0.910. The predicted molar refractivity (Wildman–Crippen MR) is 104 cm³/mol. The van der Waals surface area contributed by atoms with Crippen molar-refractivity contribution in [3.05, 3.63) is 56.7 Å². The van der Waals surface area contributed by atoms with Gasteiger partial charge in [0.2, 0.25) is 0 Å². The summed E-state index contributed by atoms with van der Waals surface area (Å²) in [6.45, 7) is 7.56. The van der Waals surface area contributed by atoms with Crippen LogP contribution < -0.4 is 0 Å². The summed E-state index contributed by atoms with van der Waals surface area (Å²) in [5.41, 5.74) is 1.34. The van der Waals surface area contributed by atoms with Gasteiger partial charge in [0.15, 0.2) is 0 Å². The maximum Gasteiger partial charge on any atom is 0.0917 e. The molecule has 3 heterocycles. The highest BCUT2D eigenvalue weighted by molar-refractivity contribution is 7.12. The highest BCUT2D eigenvalue weighted by atomic mass is 35.5. The highest BCUT2D eigenvalue weighted by Gasteiger charge is 2.21. The van der Waals surface area contributed by atoms with Gasteiger partial charge in [-0.1, -0.05) is 23.7 Å². The average Bonchev–Trinajstić information content (AvgIpc) is 3.30. The topological polar surface area (TPSA) is 15.7 Å². The molecule has 0 spiro atoms. The van der Waals surface area contributed by atoms with Crippen LogP contribution in [0.3, 0.4) is 0 Å². The summed E-state index contributed by atoms with van der Waals surface area (Å²) in [4.78, 5) is 7.99. The van der Waals surface area contributed by atoms with Crippen LogP contribution in [0.5, 0.6) is 0 Å². The second kappa shape index (κ2) is 8.19. The first-order chi connectivity index (χ1) is 12.3. The number of benzene rings is 1. The molecule has 0 amide bonds. The molecule has 134 valence electrons. The third kappa shape index (κ3) is 4.63. The number of hydrogen-bond donors (Lipinski definition) is 0. The minimum Gasteiger partial charge on any atom is -0.373 e. The van der Waals surface area contributed by atoms with Crippen molar-refractivity contribution in [1.82, 2.24) is 9.80 Å². The standard InChI is InChI=1S/C20H25ClN2OS/c21-17-5-3-16(4-6-17)14-22-9-11-23(12-10-22)15-18-7-8-20(25-18)19-2-1-13-24-19/h3-8,19H,1-2,9-15H2/t19-/m1/s1. The number of thiophene rings is 1. The van der Waals surface area contributed by atoms with E-state index in [0.29, 0.717) is 6.10 Å². The van der Waals surface area contributed by atoms with Crippen molar-refractivity contribution in [2.24, 2.45) is 0 Å². The summed E-state index contributed by atoms with van der Waals surface area (Å²) in [5.74, 6) is 0. The fraction of sp³-hybridized carbons (Fsp3) is 0.500. The first-order valence-electron chi connectivity index (χ1n) is 9.16. The Kier molecular flexibility index (Phi) is 5.73. The van der Waals surface area contributed by atoms with Crippen molar-refractivity contribution in [2.45, 2.75) is 32.0 Å². The van der Waals surface area contributed by atoms with Gasteiger partial charge in [-0.2, -0.15) is 0 Å². The van der Waals surface area contributed by atoms with Crippen LogP contribution in [0.1, 0.15) is 34.3 Å². The first kappa shape index (κ1) is 17.5. The van der Waals surface area contributed by atoms with E-state index in [1.807, 2.05) is 23.5 Å². The molecule has 0 bridgehead atoms. The van der Waals surface area contributed by atoms with Gasteiger partial charge in [-0.3, -0.25) is 9.80 Å². The molecule has 0 aliphatic carbocycles. The number of ether oxygens (including phenoxy) is 1. The Labute approximate surface area is 159 Å². The Morgan fingerprint density at radius 2 is 1.68 bits per heavy atom. The van der Waals surface area contributed by atoms with E-state index in [0.717, 1.165) is 50.9 Å². The monoisotopic (exact) mass is 376 g/mol. The van der Waals surface area contributed by atoms with Crippen LogP contribution in [0.2, 0.25) is 5.02 Å². The van der Waals surface area contributed by atoms with Gasteiger partial charge in [0.25, 0.3) is 0 Å². The molecule has 5 heteroatoms. The molecule has 25 heavy (non-hydrogen) atoms. The zero-order valence-electron chi connectivity index (χ0n) is 14.5. The first-order valence-corrected chi connectivity index (χ1v) is 10.3. The fourth-order valence-corrected chi connectivity index (χ4v) is 4.89. The molecule has 4 rings (SSSR count). The van der Waals surface area contributed by atoms with Crippen molar-refractivity contribution in [3.8, 4) is 0 Å². The van der Waals surface area contributed by atoms with Crippen molar-refractivity contribution >= 4 is 22.9 Å². The van der Waals surface area contributed by atoms with E-state index in [9.17, 15) is 0 Å². The summed E-state index contributed by atoms with van der Waals surface area (Å²) in [5, 5.41) is 0.812. The second-order valence-electron chi connectivity index (χ2n) is 6.98. The van der Waals surface area contributed by atoms with Crippen molar-refractivity contribution < 1.29 is 4.74 Å². The minimum atomic E-state index is 0.356. The Morgan fingerprint density at radius 1 is 0.960 bits per heavy atom. The SMILES string of the molecule is Clc1ccc(CN2CCN(Cc3ccc([C@H]4CCCO4)s3)CC2)cc1. The van der Waals surface area contributed by atoms with E-state index < -0.39 is 0 Å². The molecule has 3 nitrogen and oxygen atoms in total. The van der Waals surface area contributed by atoms with Gasteiger partial charge in [0, 0.05) is 60.7 Å². The number of nitrogens with zero attached hydrogens (tertiary/aromatic N) is 2.